The first-order valence-corrected chi connectivity index (χ1v) is 7.91. The molecule has 2 rings (SSSR count). The molecule has 0 bridgehead atoms. The molecule has 134 valence electrons. The van der Waals surface area contributed by atoms with Crippen LogP contribution in [0.25, 0.3) is 0 Å². The molecule has 0 spiro atoms. The predicted molar refractivity (Wildman–Crippen MR) is 96.8 cm³/mol. The highest BCUT2D eigenvalue weighted by molar-refractivity contribution is 6.35. The van der Waals surface area contributed by atoms with Crippen LogP contribution < -0.4 is 10.7 Å². The van der Waals surface area contributed by atoms with Crippen LogP contribution in [0, 0.1) is 0 Å². The highest BCUT2D eigenvalue weighted by Gasteiger charge is 2.11. The van der Waals surface area contributed by atoms with E-state index in [1.54, 1.807) is 48.5 Å². The molecule has 0 fully saturated rings. The van der Waals surface area contributed by atoms with E-state index >= 15 is 0 Å². The molecule has 0 saturated heterocycles. The minimum absolute atomic E-state index is 0.197. The Kier molecular flexibility index (Phi) is 6.87. The summed E-state index contributed by atoms with van der Waals surface area (Å²) >= 11 is 5.77. The maximum Gasteiger partial charge on any atom is 0.337 e. The van der Waals surface area contributed by atoms with Crippen LogP contribution in [0.2, 0.25) is 5.02 Å². The Labute approximate surface area is 155 Å². The van der Waals surface area contributed by atoms with Gasteiger partial charge in [0.2, 0.25) is 0 Å². The quantitative estimate of drug-likeness (QED) is 0.362. The number of amides is 2. The lowest BCUT2D eigenvalue weighted by molar-refractivity contribution is -0.139. The second-order valence-electron chi connectivity index (χ2n) is 5.12. The Morgan fingerprint density at radius 2 is 1.69 bits per heavy atom. The summed E-state index contributed by atoms with van der Waals surface area (Å²) < 4.78 is 4.60. The van der Waals surface area contributed by atoms with Crippen LogP contribution >= 0.6 is 11.6 Å². The number of hydrogen-bond donors (Lipinski definition) is 2. The fraction of sp³-hybridized carbons (Fsp3) is 0.111. The number of nitrogens with zero attached hydrogens (tertiary/aromatic N) is 1. The highest BCUT2D eigenvalue weighted by Crippen LogP contribution is 2.09. The zero-order valence-electron chi connectivity index (χ0n) is 13.9. The molecule has 0 atom stereocenters. The number of benzene rings is 2. The maximum atomic E-state index is 11.7. The van der Waals surface area contributed by atoms with Gasteiger partial charge in [-0.1, -0.05) is 35.9 Å². The molecule has 0 aliphatic carbocycles. The molecule has 2 N–H and O–H groups in total. The monoisotopic (exact) mass is 373 g/mol. The molecule has 2 aromatic carbocycles. The number of carbonyl (C=O) groups excluding carboxylic acids is 3. The van der Waals surface area contributed by atoms with Crippen LogP contribution in [-0.2, 0) is 20.9 Å². The fourth-order valence-corrected chi connectivity index (χ4v) is 2.03. The molecule has 0 unspecified atom stereocenters. The van der Waals surface area contributed by atoms with Crippen molar-refractivity contribution in [3.05, 3.63) is 70.2 Å². The van der Waals surface area contributed by atoms with Gasteiger partial charge in [0.1, 0.15) is 0 Å². The first-order valence-electron chi connectivity index (χ1n) is 7.53. The molecule has 0 radical (unpaired) electrons. The Bertz CT molecular complexity index is 817. The van der Waals surface area contributed by atoms with Gasteiger partial charge < -0.3 is 10.1 Å². The fourth-order valence-electron chi connectivity index (χ4n) is 1.90. The summed E-state index contributed by atoms with van der Waals surface area (Å²) in [7, 11) is 1.30. The third-order valence-corrected chi connectivity index (χ3v) is 3.54. The van der Waals surface area contributed by atoms with Crippen LogP contribution in [0.4, 0.5) is 0 Å². The normalized spacial score (nSPS) is 10.4. The third kappa shape index (κ3) is 5.71. The average Bonchev–Trinajstić information content (AvgIpc) is 2.67. The van der Waals surface area contributed by atoms with E-state index in [0.717, 1.165) is 5.56 Å². The van der Waals surface area contributed by atoms with Gasteiger partial charge in [-0.25, -0.2) is 10.2 Å². The first-order chi connectivity index (χ1) is 12.5. The molecule has 0 aliphatic rings. The topological polar surface area (TPSA) is 96.9 Å². The van der Waals surface area contributed by atoms with E-state index in [-0.39, 0.29) is 6.54 Å². The van der Waals surface area contributed by atoms with Crippen LogP contribution in [0.1, 0.15) is 21.5 Å². The molecule has 8 heteroatoms. The summed E-state index contributed by atoms with van der Waals surface area (Å²) in [6, 6.07) is 13.3. The van der Waals surface area contributed by atoms with E-state index in [4.69, 9.17) is 11.6 Å². The molecule has 2 aromatic rings. The molecule has 2 amide bonds. The van der Waals surface area contributed by atoms with Gasteiger partial charge in [0.05, 0.1) is 18.9 Å². The minimum Gasteiger partial charge on any atom is -0.465 e. The molecular formula is C18H16ClN3O4. The number of esters is 1. The number of rotatable bonds is 5. The van der Waals surface area contributed by atoms with Crippen molar-refractivity contribution in [2.24, 2.45) is 5.10 Å². The van der Waals surface area contributed by atoms with Crippen molar-refractivity contribution in [2.45, 2.75) is 6.54 Å². The van der Waals surface area contributed by atoms with E-state index in [2.05, 4.69) is 20.6 Å². The van der Waals surface area contributed by atoms with E-state index in [0.29, 0.717) is 16.1 Å². The number of halogens is 1. The van der Waals surface area contributed by atoms with Crippen molar-refractivity contribution >= 4 is 35.6 Å². The molecule has 0 aliphatic heterocycles. The second-order valence-corrected chi connectivity index (χ2v) is 5.56. The summed E-state index contributed by atoms with van der Waals surface area (Å²) in [5.41, 5.74) is 3.98. The van der Waals surface area contributed by atoms with Crippen molar-refractivity contribution in [3.63, 3.8) is 0 Å². The number of methoxy groups -OCH3 is 1. The smallest absolute Gasteiger partial charge is 0.337 e. The summed E-state index contributed by atoms with van der Waals surface area (Å²) in [4.78, 5) is 34.7. The van der Waals surface area contributed by atoms with Crippen molar-refractivity contribution < 1.29 is 19.1 Å². The number of ether oxygens (including phenoxy) is 1. The van der Waals surface area contributed by atoms with Crippen LogP contribution in [0.5, 0.6) is 0 Å². The minimum atomic E-state index is -0.888. The van der Waals surface area contributed by atoms with Gasteiger partial charge in [-0.15, -0.1) is 0 Å². The largest absolute Gasteiger partial charge is 0.465 e. The van der Waals surface area contributed by atoms with E-state index in [9.17, 15) is 14.4 Å². The molecule has 0 aromatic heterocycles. The third-order valence-electron chi connectivity index (χ3n) is 3.28. The predicted octanol–water partition coefficient (Wildman–Crippen LogP) is 1.89. The van der Waals surface area contributed by atoms with Crippen molar-refractivity contribution in [3.8, 4) is 0 Å². The lowest BCUT2D eigenvalue weighted by Gasteiger charge is -2.04. The molecule has 7 nitrogen and oxygen atoms in total. The van der Waals surface area contributed by atoms with Gasteiger partial charge in [-0.3, -0.25) is 9.59 Å². The number of hydrogen-bond acceptors (Lipinski definition) is 5. The van der Waals surface area contributed by atoms with E-state index in [1.807, 2.05) is 0 Å². The average molecular weight is 374 g/mol. The zero-order chi connectivity index (χ0) is 18.9. The molecule has 26 heavy (non-hydrogen) atoms. The van der Waals surface area contributed by atoms with Crippen LogP contribution in [0.15, 0.2) is 53.6 Å². The molecule has 0 saturated carbocycles. The van der Waals surface area contributed by atoms with Crippen molar-refractivity contribution in [1.29, 1.82) is 0 Å². The van der Waals surface area contributed by atoms with Crippen LogP contribution in [0.3, 0.4) is 0 Å². The van der Waals surface area contributed by atoms with Gasteiger partial charge in [-0.05, 0) is 35.4 Å². The number of hydrazone groups is 1. The lowest BCUT2D eigenvalue weighted by Crippen LogP contribution is -2.37. The highest BCUT2D eigenvalue weighted by atomic mass is 35.5. The zero-order valence-corrected chi connectivity index (χ0v) is 14.6. The van der Waals surface area contributed by atoms with E-state index in [1.165, 1.54) is 13.3 Å². The van der Waals surface area contributed by atoms with Gasteiger partial charge in [-0.2, -0.15) is 5.10 Å². The summed E-state index contributed by atoms with van der Waals surface area (Å²) in [5, 5.41) is 6.77. The maximum absolute atomic E-state index is 11.7. The Morgan fingerprint density at radius 3 is 2.31 bits per heavy atom. The second kappa shape index (κ2) is 9.33. The Hall–Kier alpha value is -3.19. The molecular weight excluding hydrogens is 358 g/mol. The van der Waals surface area contributed by atoms with Gasteiger partial charge in [0, 0.05) is 11.6 Å². The van der Waals surface area contributed by atoms with E-state index < -0.39 is 17.8 Å². The first kappa shape index (κ1) is 19.1. The number of carbonyl (C=O) groups is 3. The summed E-state index contributed by atoms with van der Waals surface area (Å²) in [6.45, 7) is 0.197. The van der Waals surface area contributed by atoms with Gasteiger partial charge in [0.15, 0.2) is 0 Å². The summed E-state index contributed by atoms with van der Waals surface area (Å²) in [5.74, 6) is -2.14. The Balaban J connectivity index is 1.81. The SMILES string of the molecule is COC(=O)c1ccc(/C=N\NC(=O)C(=O)NCc2ccc(Cl)cc2)cc1. The summed E-state index contributed by atoms with van der Waals surface area (Å²) in [6.07, 6.45) is 1.35. The van der Waals surface area contributed by atoms with Crippen LogP contribution in [-0.4, -0.2) is 31.1 Å². The lowest BCUT2D eigenvalue weighted by atomic mass is 10.1. The molecule has 0 heterocycles. The van der Waals surface area contributed by atoms with Crippen molar-refractivity contribution in [2.75, 3.05) is 7.11 Å². The standard InChI is InChI=1S/C18H16ClN3O4/c1-26-18(25)14-6-2-13(3-7-14)11-21-22-17(24)16(23)20-10-12-4-8-15(19)9-5-12/h2-9,11H,10H2,1H3,(H,20,23)(H,22,24)/b21-11-. The van der Waals surface area contributed by atoms with Crippen molar-refractivity contribution in [1.82, 2.24) is 10.7 Å². The Morgan fingerprint density at radius 1 is 1.04 bits per heavy atom. The van der Waals surface area contributed by atoms with Gasteiger partial charge >= 0.3 is 17.8 Å². The van der Waals surface area contributed by atoms with Gasteiger partial charge in [0.25, 0.3) is 0 Å². The number of nitrogens with one attached hydrogen (secondary N) is 2.